The fourth-order valence-corrected chi connectivity index (χ4v) is 3.78. The van der Waals surface area contributed by atoms with Crippen molar-refractivity contribution in [1.29, 1.82) is 0 Å². The molecule has 0 radical (unpaired) electrons. The molecule has 1 saturated heterocycles. The molecular weight excluding hydrogens is 242 g/mol. The summed E-state index contributed by atoms with van der Waals surface area (Å²) >= 11 is 0. The van der Waals surface area contributed by atoms with Crippen molar-refractivity contribution in [3.63, 3.8) is 0 Å². The SMILES string of the molecule is Cc1ccc(C(=O)NCC2CCS(=O)(=O)C2)o1. The van der Waals surface area contributed by atoms with E-state index in [4.69, 9.17) is 4.42 Å². The van der Waals surface area contributed by atoms with Crippen LogP contribution in [0.4, 0.5) is 0 Å². The third kappa shape index (κ3) is 3.09. The van der Waals surface area contributed by atoms with E-state index in [0.29, 0.717) is 18.7 Å². The first-order valence-electron chi connectivity index (χ1n) is 5.51. The van der Waals surface area contributed by atoms with Crippen LogP contribution in [-0.2, 0) is 9.84 Å². The van der Waals surface area contributed by atoms with Crippen molar-refractivity contribution in [1.82, 2.24) is 5.32 Å². The summed E-state index contributed by atoms with van der Waals surface area (Å²) in [5.74, 6) is 1.09. The number of hydrogen-bond acceptors (Lipinski definition) is 4. The molecular formula is C11H15NO4S. The third-order valence-electron chi connectivity index (χ3n) is 2.84. The van der Waals surface area contributed by atoms with Gasteiger partial charge < -0.3 is 9.73 Å². The van der Waals surface area contributed by atoms with Crippen molar-refractivity contribution in [2.75, 3.05) is 18.1 Å². The number of carbonyl (C=O) groups is 1. The molecule has 1 atom stereocenters. The smallest absolute Gasteiger partial charge is 0.287 e. The molecule has 0 aliphatic carbocycles. The molecule has 2 heterocycles. The van der Waals surface area contributed by atoms with Crippen molar-refractivity contribution < 1.29 is 17.6 Å². The molecule has 2 rings (SSSR count). The summed E-state index contributed by atoms with van der Waals surface area (Å²) in [6.45, 7) is 2.15. The number of sulfone groups is 1. The number of hydrogen-bond donors (Lipinski definition) is 1. The van der Waals surface area contributed by atoms with Gasteiger partial charge in [-0.2, -0.15) is 0 Å². The van der Waals surface area contributed by atoms with Gasteiger partial charge in [0.1, 0.15) is 5.76 Å². The average molecular weight is 257 g/mol. The molecule has 1 aromatic heterocycles. The van der Waals surface area contributed by atoms with E-state index in [1.165, 1.54) is 0 Å². The molecule has 1 amide bonds. The molecule has 6 heteroatoms. The van der Waals surface area contributed by atoms with Gasteiger partial charge in [-0.3, -0.25) is 4.79 Å². The molecule has 1 unspecified atom stereocenters. The Labute approximate surface area is 100 Å². The van der Waals surface area contributed by atoms with Crippen LogP contribution in [-0.4, -0.2) is 32.4 Å². The first-order chi connectivity index (χ1) is 7.96. The van der Waals surface area contributed by atoms with Gasteiger partial charge in [0.25, 0.3) is 5.91 Å². The fraction of sp³-hybridized carbons (Fsp3) is 0.545. The van der Waals surface area contributed by atoms with Gasteiger partial charge in [-0.15, -0.1) is 0 Å². The summed E-state index contributed by atoms with van der Waals surface area (Å²) in [5.41, 5.74) is 0. The van der Waals surface area contributed by atoms with Crippen LogP contribution in [0.15, 0.2) is 16.5 Å². The quantitative estimate of drug-likeness (QED) is 0.867. The molecule has 17 heavy (non-hydrogen) atoms. The van der Waals surface area contributed by atoms with Gasteiger partial charge in [-0.05, 0) is 31.4 Å². The molecule has 1 fully saturated rings. The lowest BCUT2D eigenvalue weighted by Crippen LogP contribution is -2.29. The Hall–Kier alpha value is -1.30. The highest BCUT2D eigenvalue weighted by Crippen LogP contribution is 2.17. The van der Waals surface area contributed by atoms with E-state index >= 15 is 0 Å². The summed E-state index contributed by atoms with van der Waals surface area (Å²) in [4.78, 5) is 11.6. The summed E-state index contributed by atoms with van der Waals surface area (Å²) < 4.78 is 27.6. The topological polar surface area (TPSA) is 76.4 Å². The van der Waals surface area contributed by atoms with E-state index in [1.807, 2.05) is 0 Å². The zero-order valence-corrected chi connectivity index (χ0v) is 10.4. The van der Waals surface area contributed by atoms with Crippen LogP contribution in [0.3, 0.4) is 0 Å². The van der Waals surface area contributed by atoms with E-state index in [-0.39, 0.29) is 29.1 Å². The van der Waals surface area contributed by atoms with Crippen LogP contribution >= 0.6 is 0 Å². The predicted molar refractivity (Wildman–Crippen MR) is 62.5 cm³/mol. The van der Waals surface area contributed by atoms with Crippen molar-refractivity contribution in [3.8, 4) is 0 Å². The molecule has 5 nitrogen and oxygen atoms in total. The van der Waals surface area contributed by atoms with Crippen molar-refractivity contribution in [3.05, 3.63) is 23.7 Å². The Balaban J connectivity index is 1.85. The second-order valence-electron chi connectivity index (χ2n) is 4.39. The average Bonchev–Trinajstić information content (AvgIpc) is 2.81. The predicted octanol–water partition coefficient (Wildman–Crippen LogP) is 0.753. The Morgan fingerprint density at radius 2 is 2.29 bits per heavy atom. The zero-order chi connectivity index (χ0) is 12.5. The molecule has 1 N–H and O–H groups in total. The van der Waals surface area contributed by atoms with E-state index in [9.17, 15) is 13.2 Å². The molecule has 94 valence electrons. The minimum Gasteiger partial charge on any atom is -0.456 e. The molecule has 1 aliphatic rings. The van der Waals surface area contributed by atoms with Gasteiger partial charge in [0, 0.05) is 6.54 Å². The maximum absolute atomic E-state index is 11.6. The molecule has 0 saturated carbocycles. The van der Waals surface area contributed by atoms with Crippen LogP contribution in [0, 0.1) is 12.8 Å². The maximum atomic E-state index is 11.6. The first-order valence-corrected chi connectivity index (χ1v) is 7.33. The number of carbonyl (C=O) groups excluding carboxylic acids is 1. The van der Waals surface area contributed by atoms with Crippen LogP contribution < -0.4 is 5.32 Å². The minimum atomic E-state index is -2.88. The lowest BCUT2D eigenvalue weighted by Gasteiger charge is -2.07. The first kappa shape index (κ1) is 12.2. The molecule has 0 aromatic carbocycles. The van der Waals surface area contributed by atoms with Crippen LogP contribution in [0.5, 0.6) is 0 Å². The van der Waals surface area contributed by atoms with Gasteiger partial charge in [0.15, 0.2) is 15.6 Å². The Kier molecular flexibility index (Phi) is 3.24. The van der Waals surface area contributed by atoms with Crippen LogP contribution in [0.2, 0.25) is 0 Å². The lowest BCUT2D eigenvalue weighted by atomic mass is 10.1. The van der Waals surface area contributed by atoms with Gasteiger partial charge in [-0.25, -0.2) is 8.42 Å². The normalized spacial score (nSPS) is 22.5. The van der Waals surface area contributed by atoms with Crippen molar-refractivity contribution in [2.45, 2.75) is 13.3 Å². The number of nitrogens with one attached hydrogen (secondary N) is 1. The Morgan fingerprint density at radius 3 is 2.82 bits per heavy atom. The summed E-state index contributed by atoms with van der Waals surface area (Å²) in [5, 5.41) is 2.69. The van der Waals surface area contributed by atoms with Gasteiger partial charge in [0.2, 0.25) is 0 Å². The van der Waals surface area contributed by atoms with Crippen LogP contribution in [0.1, 0.15) is 22.7 Å². The highest BCUT2D eigenvalue weighted by molar-refractivity contribution is 7.91. The summed E-state index contributed by atoms with van der Waals surface area (Å²) in [6.07, 6.45) is 0.625. The number of aryl methyl sites for hydroxylation is 1. The number of amides is 1. The molecule has 1 aromatic rings. The minimum absolute atomic E-state index is 0.0278. The molecule has 1 aliphatic heterocycles. The zero-order valence-electron chi connectivity index (χ0n) is 9.60. The maximum Gasteiger partial charge on any atom is 0.287 e. The number of rotatable bonds is 3. The highest BCUT2D eigenvalue weighted by atomic mass is 32.2. The van der Waals surface area contributed by atoms with Gasteiger partial charge in [0.05, 0.1) is 11.5 Å². The van der Waals surface area contributed by atoms with Gasteiger partial charge >= 0.3 is 0 Å². The largest absolute Gasteiger partial charge is 0.456 e. The highest BCUT2D eigenvalue weighted by Gasteiger charge is 2.28. The standard InChI is InChI=1S/C11H15NO4S/c1-8-2-3-10(16-8)11(13)12-6-9-4-5-17(14,15)7-9/h2-3,9H,4-7H2,1H3,(H,12,13). The lowest BCUT2D eigenvalue weighted by molar-refractivity contribution is 0.0919. The monoisotopic (exact) mass is 257 g/mol. The Bertz CT molecular complexity index is 517. The molecule has 0 spiro atoms. The Morgan fingerprint density at radius 1 is 1.53 bits per heavy atom. The second-order valence-corrected chi connectivity index (χ2v) is 6.62. The van der Waals surface area contributed by atoms with E-state index in [2.05, 4.69) is 5.32 Å². The summed E-state index contributed by atoms with van der Waals surface area (Å²) in [6, 6.07) is 3.32. The molecule has 0 bridgehead atoms. The second kappa shape index (κ2) is 4.52. The van der Waals surface area contributed by atoms with Gasteiger partial charge in [-0.1, -0.05) is 0 Å². The fourth-order valence-electron chi connectivity index (χ4n) is 1.91. The number of furan rings is 1. The third-order valence-corrected chi connectivity index (χ3v) is 4.68. The van der Waals surface area contributed by atoms with E-state index < -0.39 is 9.84 Å². The van der Waals surface area contributed by atoms with Crippen LogP contribution in [0.25, 0.3) is 0 Å². The van der Waals surface area contributed by atoms with E-state index in [1.54, 1.807) is 19.1 Å². The van der Waals surface area contributed by atoms with E-state index in [0.717, 1.165) is 0 Å². The van der Waals surface area contributed by atoms with Crippen molar-refractivity contribution in [2.24, 2.45) is 5.92 Å². The summed E-state index contributed by atoms with van der Waals surface area (Å²) in [7, 11) is -2.88. The van der Waals surface area contributed by atoms with Crippen molar-refractivity contribution >= 4 is 15.7 Å².